The van der Waals surface area contributed by atoms with Crippen LogP contribution in [0.1, 0.15) is 55.2 Å². The second kappa shape index (κ2) is 9.21. The lowest BCUT2D eigenvalue weighted by Crippen LogP contribution is -2.50. The summed E-state index contributed by atoms with van der Waals surface area (Å²) >= 11 is 0. The third-order valence-corrected chi connectivity index (χ3v) is 5.09. The molecular formula is C22H27N3O2. The lowest BCUT2D eigenvalue weighted by molar-refractivity contribution is -0.122. The van der Waals surface area contributed by atoms with E-state index in [1.54, 1.807) is 0 Å². The zero-order valence-electron chi connectivity index (χ0n) is 15.7. The van der Waals surface area contributed by atoms with Gasteiger partial charge in [-0.05, 0) is 42.9 Å². The van der Waals surface area contributed by atoms with Crippen LogP contribution in [-0.2, 0) is 11.2 Å². The standard InChI is InChI=1S/C22H27N3O2/c1-16(21(26)24-25-22(27)23-20-12-5-6-13-20)19-11-7-10-18(15-19)14-17-8-3-2-4-9-17/h2-4,7-11,15-16,20H,5-6,12-14H2,1H3,(H,24,26)(H2,23,25,27). The van der Waals surface area contributed by atoms with E-state index in [1.165, 1.54) is 5.56 Å². The summed E-state index contributed by atoms with van der Waals surface area (Å²) in [6, 6.07) is 18.1. The molecule has 5 nitrogen and oxygen atoms in total. The molecule has 1 aliphatic rings. The van der Waals surface area contributed by atoms with Crippen LogP contribution in [0.4, 0.5) is 4.79 Å². The summed E-state index contributed by atoms with van der Waals surface area (Å²) in [5.74, 6) is -0.582. The maximum Gasteiger partial charge on any atom is 0.333 e. The number of carbonyl (C=O) groups is 2. The minimum absolute atomic E-state index is 0.217. The van der Waals surface area contributed by atoms with Gasteiger partial charge in [0.15, 0.2) is 0 Å². The first-order chi connectivity index (χ1) is 13.1. The molecule has 0 spiro atoms. The van der Waals surface area contributed by atoms with Gasteiger partial charge in [0.1, 0.15) is 0 Å². The normalized spacial score (nSPS) is 15.1. The van der Waals surface area contributed by atoms with Gasteiger partial charge >= 0.3 is 6.03 Å². The molecule has 3 N–H and O–H groups in total. The maximum atomic E-state index is 12.4. The molecular weight excluding hydrogens is 338 g/mol. The van der Waals surface area contributed by atoms with Gasteiger partial charge in [0.25, 0.3) is 0 Å². The quantitative estimate of drug-likeness (QED) is 0.708. The molecule has 1 saturated carbocycles. The summed E-state index contributed by atoms with van der Waals surface area (Å²) in [5.41, 5.74) is 8.31. The zero-order valence-corrected chi connectivity index (χ0v) is 15.7. The molecule has 5 heteroatoms. The van der Waals surface area contributed by atoms with Crippen molar-refractivity contribution in [3.8, 4) is 0 Å². The van der Waals surface area contributed by atoms with E-state index in [4.69, 9.17) is 0 Å². The van der Waals surface area contributed by atoms with E-state index in [0.29, 0.717) is 0 Å². The number of hydrogen-bond acceptors (Lipinski definition) is 2. The van der Waals surface area contributed by atoms with Crippen LogP contribution in [0.25, 0.3) is 0 Å². The highest BCUT2D eigenvalue weighted by Gasteiger charge is 2.19. The highest BCUT2D eigenvalue weighted by molar-refractivity contribution is 5.85. The van der Waals surface area contributed by atoms with Crippen molar-refractivity contribution in [2.45, 2.75) is 51.0 Å². The summed E-state index contributed by atoms with van der Waals surface area (Å²) in [6.45, 7) is 1.84. The summed E-state index contributed by atoms with van der Waals surface area (Å²) in [6.07, 6.45) is 5.13. The molecule has 0 aliphatic heterocycles. The van der Waals surface area contributed by atoms with Crippen molar-refractivity contribution in [2.75, 3.05) is 0 Å². The summed E-state index contributed by atoms with van der Waals surface area (Å²) < 4.78 is 0. The molecule has 1 unspecified atom stereocenters. The second-order valence-electron chi connectivity index (χ2n) is 7.20. The molecule has 0 radical (unpaired) electrons. The van der Waals surface area contributed by atoms with Crippen molar-refractivity contribution in [1.82, 2.24) is 16.2 Å². The van der Waals surface area contributed by atoms with Gasteiger partial charge in [-0.3, -0.25) is 10.2 Å². The summed E-state index contributed by atoms with van der Waals surface area (Å²) in [4.78, 5) is 24.3. The van der Waals surface area contributed by atoms with E-state index in [9.17, 15) is 9.59 Å². The van der Waals surface area contributed by atoms with E-state index < -0.39 is 0 Å². The molecule has 0 aromatic heterocycles. The van der Waals surface area contributed by atoms with Crippen LogP contribution in [0, 0.1) is 0 Å². The molecule has 3 amide bonds. The van der Waals surface area contributed by atoms with E-state index >= 15 is 0 Å². The first-order valence-electron chi connectivity index (χ1n) is 9.61. The third-order valence-electron chi connectivity index (χ3n) is 5.09. The molecule has 27 heavy (non-hydrogen) atoms. The Morgan fingerprint density at radius 2 is 1.67 bits per heavy atom. The van der Waals surface area contributed by atoms with Crippen LogP contribution in [0.2, 0.25) is 0 Å². The average molecular weight is 365 g/mol. The lowest BCUT2D eigenvalue weighted by Gasteiger charge is -2.16. The van der Waals surface area contributed by atoms with E-state index in [2.05, 4.69) is 40.4 Å². The van der Waals surface area contributed by atoms with Crippen molar-refractivity contribution in [1.29, 1.82) is 0 Å². The van der Waals surface area contributed by atoms with Crippen molar-refractivity contribution in [3.05, 3.63) is 71.3 Å². The summed E-state index contributed by atoms with van der Waals surface area (Å²) in [5, 5.41) is 2.88. The van der Waals surface area contributed by atoms with Crippen molar-refractivity contribution < 1.29 is 9.59 Å². The molecule has 142 valence electrons. The Labute approximate surface area is 160 Å². The van der Waals surface area contributed by atoms with Crippen LogP contribution >= 0.6 is 0 Å². The van der Waals surface area contributed by atoms with Gasteiger partial charge in [0.2, 0.25) is 5.91 Å². The highest BCUT2D eigenvalue weighted by Crippen LogP contribution is 2.19. The number of hydrazine groups is 1. The van der Waals surface area contributed by atoms with Gasteiger partial charge in [-0.1, -0.05) is 67.4 Å². The molecule has 3 rings (SSSR count). The van der Waals surface area contributed by atoms with Gasteiger partial charge in [0, 0.05) is 6.04 Å². The predicted octanol–water partition coefficient (Wildman–Crippen LogP) is 3.65. The summed E-state index contributed by atoms with van der Waals surface area (Å²) in [7, 11) is 0. The number of carbonyl (C=O) groups excluding carboxylic acids is 2. The molecule has 1 aliphatic carbocycles. The SMILES string of the molecule is CC(C(=O)NNC(=O)NC1CCCC1)c1cccc(Cc2ccccc2)c1. The molecule has 1 fully saturated rings. The predicted molar refractivity (Wildman–Crippen MR) is 106 cm³/mol. The fraction of sp³-hybridized carbons (Fsp3) is 0.364. The van der Waals surface area contributed by atoms with E-state index in [-0.39, 0.29) is 23.9 Å². The van der Waals surface area contributed by atoms with Crippen LogP contribution in [-0.4, -0.2) is 18.0 Å². The Hall–Kier alpha value is -2.82. The number of benzene rings is 2. The average Bonchev–Trinajstić information content (AvgIpc) is 3.19. The van der Waals surface area contributed by atoms with Crippen molar-refractivity contribution >= 4 is 11.9 Å². The highest BCUT2D eigenvalue weighted by atomic mass is 16.2. The van der Waals surface area contributed by atoms with Gasteiger partial charge < -0.3 is 5.32 Å². The first kappa shape index (κ1) is 19.0. The molecule has 2 aromatic carbocycles. The van der Waals surface area contributed by atoms with E-state index in [1.807, 2.05) is 37.3 Å². The molecule has 0 saturated heterocycles. The Morgan fingerprint density at radius 1 is 0.963 bits per heavy atom. The third kappa shape index (κ3) is 5.58. The van der Waals surface area contributed by atoms with Gasteiger partial charge in [0.05, 0.1) is 5.92 Å². The Balaban J connectivity index is 1.53. The number of amides is 3. The fourth-order valence-electron chi connectivity index (χ4n) is 3.47. The van der Waals surface area contributed by atoms with E-state index in [0.717, 1.165) is 43.2 Å². The molecule has 2 aromatic rings. The number of urea groups is 1. The second-order valence-corrected chi connectivity index (χ2v) is 7.20. The monoisotopic (exact) mass is 365 g/mol. The Bertz CT molecular complexity index is 770. The first-order valence-corrected chi connectivity index (χ1v) is 9.61. The van der Waals surface area contributed by atoms with Crippen LogP contribution in [0.3, 0.4) is 0 Å². The Morgan fingerprint density at radius 3 is 2.41 bits per heavy atom. The maximum absolute atomic E-state index is 12.4. The topological polar surface area (TPSA) is 70.2 Å². The molecule has 0 heterocycles. The van der Waals surface area contributed by atoms with Crippen molar-refractivity contribution in [3.63, 3.8) is 0 Å². The number of nitrogens with one attached hydrogen (secondary N) is 3. The molecule has 0 bridgehead atoms. The lowest BCUT2D eigenvalue weighted by atomic mass is 9.96. The van der Waals surface area contributed by atoms with Crippen LogP contribution in [0.15, 0.2) is 54.6 Å². The van der Waals surface area contributed by atoms with Crippen LogP contribution < -0.4 is 16.2 Å². The minimum Gasteiger partial charge on any atom is -0.334 e. The Kier molecular flexibility index (Phi) is 6.47. The minimum atomic E-state index is -0.354. The smallest absolute Gasteiger partial charge is 0.333 e. The van der Waals surface area contributed by atoms with Gasteiger partial charge in [-0.25, -0.2) is 10.2 Å². The largest absolute Gasteiger partial charge is 0.334 e. The van der Waals surface area contributed by atoms with Crippen molar-refractivity contribution in [2.24, 2.45) is 0 Å². The van der Waals surface area contributed by atoms with Gasteiger partial charge in [-0.15, -0.1) is 0 Å². The number of rotatable bonds is 5. The zero-order chi connectivity index (χ0) is 19.1. The molecule has 1 atom stereocenters. The van der Waals surface area contributed by atoms with Crippen LogP contribution in [0.5, 0.6) is 0 Å². The number of hydrogen-bond donors (Lipinski definition) is 3. The fourth-order valence-corrected chi connectivity index (χ4v) is 3.47. The van der Waals surface area contributed by atoms with Gasteiger partial charge in [-0.2, -0.15) is 0 Å².